The summed E-state index contributed by atoms with van der Waals surface area (Å²) in [5.74, 6) is 0.315. The Morgan fingerprint density at radius 2 is 1.97 bits per heavy atom. The van der Waals surface area contributed by atoms with E-state index in [-0.39, 0.29) is 17.8 Å². The number of hydrogen-bond donors (Lipinski definition) is 0. The van der Waals surface area contributed by atoms with Crippen LogP contribution in [0.4, 0.5) is 4.39 Å². The molecule has 1 amide bonds. The lowest BCUT2D eigenvalue weighted by Crippen LogP contribution is -2.26. The third-order valence-electron chi connectivity index (χ3n) is 5.08. The van der Waals surface area contributed by atoms with Crippen molar-refractivity contribution >= 4 is 34.1 Å². The van der Waals surface area contributed by atoms with Crippen LogP contribution in [0.15, 0.2) is 53.6 Å². The first-order valence-corrected chi connectivity index (χ1v) is 10.3. The first-order chi connectivity index (χ1) is 14.5. The molecule has 0 unspecified atom stereocenters. The highest BCUT2D eigenvalue weighted by Gasteiger charge is 2.34. The molecule has 0 bridgehead atoms. The number of hydrazone groups is 1. The van der Waals surface area contributed by atoms with Crippen molar-refractivity contribution in [3.05, 3.63) is 70.6 Å². The second-order valence-corrected chi connectivity index (χ2v) is 7.38. The van der Waals surface area contributed by atoms with Gasteiger partial charge in [-0.25, -0.2) is 14.4 Å². The minimum atomic E-state index is -0.377. The maximum atomic E-state index is 13.3. The number of halogens is 2. The highest BCUT2D eigenvalue weighted by Crippen LogP contribution is 2.38. The van der Waals surface area contributed by atoms with Gasteiger partial charge in [0.05, 0.1) is 23.9 Å². The smallest absolute Gasteiger partial charge is 0.242 e. The quantitative estimate of drug-likeness (QED) is 0.506. The third kappa shape index (κ3) is 3.87. The second-order valence-electron chi connectivity index (χ2n) is 7.02. The lowest BCUT2D eigenvalue weighted by molar-refractivity contribution is -0.132. The number of nitrogens with zero attached hydrogens (tertiary/aromatic N) is 3. The Bertz CT molecular complexity index is 1130. The van der Waals surface area contributed by atoms with E-state index in [1.54, 1.807) is 19.1 Å². The lowest BCUT2D eigenvalue weighted by Gasteiger charge is -2.22. The average molecular weight is 426 g/mol. The van der Waals surface area contributed by atoms with Gasteiger partial charge in [-0.3, -0.25) is 4.79 Å². The molecule has 1 aliphatic rings. The van der Waals surface area contributed by atoms with E-state index in [1.165, 1.54) is 17.1 Å². The Morgan fingerprint density at radius 3 is 2.67 bits per heavy atom. The van der Waals surface area contributed by atoms with Gasteiger partial charge < -0.3 is 4.74 Å². The molecular formula is C23H21ClFN3O2. The number of fused-ring (bicyclic) bond motifs is 1. The van der Waals surface area contributed by atoms with Gasteiger partial charge in [0.1, 0.15) is 16.7 Å². The monoisotopic (exact) mass is 425 g/mol. The van der Waals surface area contributed by atoms with Crippen LogP contribution in [0.5, 0.6) is 5.75 Å². The van der Waals surface area contributed by atoms with Gasteiger partial charge in [0.25, 0.3) is 0 Å². The van der Waals surface area contributed by atoms with Crippen molar-refractivity contribution in [1.29, 1.82) is 0 Å². The first-order valence-electron chi connectivity index (χ1n) is 9.88. The standard InChI is InChI=1S/C23H21ClFN3O2/c1-3-22(29)28-21(13-20(27-28)14-5-7-16(25)8-6-14)18-12-15-11-17(30-4-2)9-10-19(15)26-23(18)24/h5-12,21H,3-4,13H2,1-2H3/t21-/m1/s1. The van der Waals surface area contributed by atoms with Crippen LogP contribution in [0.1, 0.15) is 43.9 Å². The Morgan fingerprint density at radius 1 is 1.20 bits per heavy atom. The zero-order valence-corrected chi connectivity index (χ0v) is 17.5. The molecule has 2 heterocycles. The Kier molecular flexibility index (Phi) is 5.68. The van der Waals surface area contributed by atoms with Crippen molar-refractivity contribution in [3.8, 4) is 5.75 Å². The van der Waals surface area contributed by atoms with Crippen molar-refractivity contribution < 1.29 is 13.9 Å². The van der Waals surface area contributed by atoms with Gasteiger partial charge in [-0.2, -0.15) is 5.10 Å². The van der Waals surface area contributed by atoms with Crippen LogP contribution in [0.2, 0.25) is 5.15 Å². The van der Waals surface area contributed by atoms with Crippen LogP contribution in [0, 0.1) is 5.82 Å². The number of carbonyl (C=O) groups excluding carboxylic acids is 1. The zero-order chi connectivity index (χ0) is 21.3. The van der Waals surface area contributed by atoms with Gasteiger partial charge in [0.2, 0.25) is 5.91 Å². The Balaban J connectivity index is 1.75. The molecule has 3 aromatic rings. The number of ether oxygens (including phenoxy) is 1. The fraction of sp³-hybridized carbons (Fsp3) is 0.261. The summed E-state index contributed by atoms with van der Waals surface area (Å²) in [5.41, 5.74) is 2.95. The van der Waals surface area contributed by atoms with Gasteiger partial charge in [-0.1, -0.05) is 30.7 Å². The van der Waals surface area contributed by atoms with E-state index in [2.05, 4.69) is 10.1 Å². The number of benzene rings is 2. The van der Waals surface area contributed by atoms with E-state index in [0.29, 0.717) is 30.3 Å². The number of pyridine rings is 1. The number of rotatable bonds is 5. The van der Waals surface area contributed by atoms with Crippen molar-refractivity contribution in [2.24, 2.45) is 5.10 Å². The fourth-order valence-corrected chi connectivity index (χ4v) is 3.87. The molecule has 0 spiro atoms. The van der Waals surface area contributed by atoms with Gasteiger partial charge >= 0.3 is 0 Å². The molecule has 0 saturated carbocycles. The van der Waals surface area contributed by atoms with Gasteiger partial charge in [0.15, 0.2) is 0 Å². The topological polar surface area (TPSA) is 54.8 Å². The van der Waals surface area contributed by atoms with Crippen LogP contribution >= 0.6 is 11.6 Å². The number of aromatic nitrogens is 1. The molecule has 5 nitrogen and oxygen atoms in total. The molecule has 154 valence electrons. The van der Waals surface area contributed by atoms with E-state index in [9.17, 15) is 9.18 Å². The van der Waals surface area contributed by atoms with Crippen LogP contribution in [-0.2, 0) is 4.79 Å². The van der Waals surface area contributed by atoms with Crippen molar-refractivity contribution in [2.45, 2.75) is 32.7 Å². The Hall–Kier alpha value is -2.99. The van der Waals surface area contributed by atoms with E-state index in [4.69, 9.17) is 16.3 Å². The Labute approximate surface area is 179 Å². The summed E-state index contributed by atoms with van der Waals surface area (Å²) in [6, 6.07) is 13.3. The summed E-state index contributed by atoms with van der Waals surface area (Å²) in [5, 5.41) is 7.23. The molecule has 1 aromatic heterocycles. The van der Waals surface area contributed by atoms with Gasteiger partial charge in [-0.05, 0) is 48.9 Å². The largest absolute Gasteiger partial charge is 0.494 e. The van der Waals surface area contributed by atoms with Crippen molar-refractivity contribution in [1.82, 2.24) is 9.99 Å². The van der Waals surface area contributed by atoms with Crippen LogP contribution in [0.25, 0.3) is 10.9 Å². The highest BCUT2D eigenvalue weighted by molar-refractivity contribution is 6.30. The number of amides is 1. The van der Waals surface area contributed by atoms with E-state index in [1.807, 2.05) is 31.2 Å². The maximum Gasteiger partial charge on any atom is 0.242 e. The van der Waals surface area contributed by atoms with Crippen molar-refractivity contribution in [2.75, 3.05) is 6.61 Å². The SMILES string of the molecule is CCOc1ccc2nc(Cl)c([C@H]3CC(c4ccc(F)cc4)=NN3C(=O)CC)cc2c1. The third-order valence-corrected chi connectivity index (χ3v) is 5.39. The maximum absolute atomic E-state index is 13.3. The molecule has 7 heteroatoms. The minimum Gasteiger partial charge on any atom is -0.494 e. The summed E-state index contributed by atoms with van der Waals surface area (Å²) >= 11 is 6.53. The summed E-state index contributed by atoms with van der Waals surface area (Å²) in [4.78, 5) is 17.1. The first kappa shape index (κ1) is 20.3. The summed E-state index contributed by atoms with van der Waals surface area (Å²) in [6.45, 7) is 4.28. The minimum absolute atomic E-state index is 0.114. The second kappa shape index (κ2) is 8.40. The van der Waals surface area contributed by atoms with Crippen LogP contribution in [0.3, 0.4) is 0 Å². The molecule has 1 aliphatic heterocycles. The molecule has 4 rings (SSSR count). The summed E-state index contributed by atoms with van der Waals surface area (Å²) < 4.78 is 18.9. The van der Waals surface area contributed by atoms with E-state index >= 15 is 0 Å². The molecular weight excluding hydrogens is 405 g/mol. The van der Waals surface area contributed by atoms with Gasteiger partial charge in [0, 0.05) is 23.8 Å². The predicted octanol–water partition coefficient (Wildman–Crippen LogP) is 5.51. The molecule has 30 heavy (non-hydrogen) atoms. The number of hydrogen-bond acceptors (Lipinski definition) is 4. The lowest BCUT2D eigenvalue weighted by atomic mass is 9.98. The van der Waals surface area contributed by atoms with Crippen LogP contribution in [-0.4, -0.2) is 28.2 Å². The molecule has 0 fully saturated rings. The normalized spacial score (nSPS) is 16.1. The highest BCUT2D eigenvalue weighted by atomic mass is 35.5. The summed E-state index contributed by atoms with van der Waals surface area (Å²) in [6.07, 6.45) is 0.777. The van der Waals surface area contributed by atoms with Crippen molar-refractivity contribution in [3.63, 3.8) is 0 Å². The molecule has 0 radical (unpaired) electrons. The zero-order valence-electron chi connectivity index (χ0n) is 16.7. The molecule has 0 N–H and O–H groups in total. The molecule has 0 saturated heterocycles. The predicted molar refractivity (Wildman–Crippen MR) is 115 cm³/mol. The average Bonchev–Trinajstić information content (AvgIpc) is 3.19. The van der Waals surface area contributed by atoms with E-state index < -0.39 is 0 Å². The number of carbonyl (C=O) groups is 1. The molecule has 0 aliphatic carbocycles. The fourth-order valence-electron chi connectivity index (χ4n) is 3.60. The summed E-state index contributed by atoms with van der Waals surface area (Å²) in [7, 11) is 0. The van der Waals surface area contributed by atoms with Gasteiger partial charge in [-0.15, -0.1) is 0 Å². The molecule has 2 aromatic carbocycles. The van der Waals surface area contributed by atoms with Crippen LogP contribution < -0.4 is 4.74 Å². The van der Waals surface area contributed by atoms with E-state index in [0.717, 1.165) is 27.8 Å². The molecule has 1 atom stereocenters.